The molecule has 0 bridgehead atoms. The van der Waals surface area contributed by atoms with Gasteiger partial charge in [0.2, 0.25) is 0 Å². The van der Waals surface area contributed by atoms with Gasteiger partial charge in [-0.25, -0.2) is 4.79 Å². The third-order valence-electron chi connectivity index (χ3n) is 6.37. The molecule has 0 aliphatic heterocycles. The smallest absolute Gasteiger partial charge is 0.343 e. The summed E-state index contributed by atoms with van der Waals surface area (Å²) in [7, 11) is 0. The second kappa shape index (κ2) is 14.9. The van der Waals surface area contributed by atoms with Crippen LogP contribution >= 0.6 is 23.2 Å². The molecule has 0 aromatic heterocycles. The SMILES string of the molecule is CCCCCCCCc1ccc(C(=O)Oc2ccc(-c3ccc(OC(=O)C(Cl)C(C)C)cc3)cc2)cc1Cl. The van der Waals surface area contributed by atoms with Gasteiger partial charge in [-0.1, -0.05) is 94.8 Å². The Kier molecular flexibility index (Phi) is 11.7. The van der Waals surface area contributed by atoms with Crippen molar-refractivity contribution >= 4 is 35.1 Å². The number of halogens is 2. The summed E-state index contributed by atoms with van der Waals surface area (Å²) in [6.07, 6.45) is 8.28. The second-order valence-electron chi connectivity index (χ2n) is 9.83. The molecule has 3 aromatic carbocycles. The van der Waals surface area contributed by atoms with Crippen LogP contribution in [0.15, 0.2) is 66.7 Å². The van der Waals surface area contributed by atoms with E-state index in [-0.39, 0.29) is 5.92 Å². The first-order chi connectivity index (χ1) is 18.3. The van der Waals surface area contributed by atoms with Crippen LogP contribution in [-0.4, -0.2) is 17.3 Å². The lowest BCUT2D eigenvalue weighted by Gasteiger charge is -2.12. The van der Waals surface area contributed by atoms with Gasteiger partial charge >= 0.3 is 11.9 Å². The Morgan fingerprint density at radius 1 is 0.763 bits per heavy atom. The zero-order chi connectivity index (χ0) is 27.5. The van der Waals surface area contributed by atoms with Gasteiger partial charge in [-0.3, -0.25) is 4.79 Å². The van der Waals surface area contributed by atoms with E-state index in [0.717, 1.165) is 29.5 Å². The molecule has 0 saturated carbocycles. The van der Waals surface area contributed by atoms with Gasteiger partial charge in [0, 0.05) is 5.02 Å². The van der Waals surface area contributed by atoms with Crippen LogP contribution in [0.1, 0.15) is 75.2 Å². The largest absolute Gasteiger partial charge is 0.425 e. The Labute approximate surface area is 236 Å². The number of ether oxygens (including phenoxy) is 2. The second-order valence-corrected chi connectivity index (χ2v) is 10.7. The molecule has 0 N–H and O–H groups in total. The summed E-state index contributed by atoms with van der Waals surface area (Å²) in [4.78, 5) is 24.7. The van der Waals surface area contributed by atoms with Crippen molar-refractivity contribution in [2.24, 2.45) is 5.92 Å². The number of esters is 2. The van der Waals surface area contributed by atoms with Crippen LogP contribution in [0, 0.1) is 5.92 Å². The number of hydrogen-bond acceptors (Lipinski definition) is 4. The molecule has 4 nitrogen and oxygen atoms in total. The molecule has 38 heavy (non-hydrogen) atoms. The number of alkyl halides is 1. The van der Waals surface area contributed by atoms with Crippen LogP contribution < -0.4 is 9.47 Å². The number of carbonyl (C=O) groups excluding carboxylic acids is 2. The Morgan fingerprint density at radius 3 is 1.87 bits per heavy atom. The third kappa shape index (κ3) is 8.89. The predicted octanol–water partition coefficient (Wildman–Crippen LogP) is 9.30. The molecule has 0 fully saturated rings. The van der Waals surface area contributed by atoms with E-state index in [2.05, 4.69) is 6.92 Å². The zero-order valence-electron chi connectivity index (χ0n) is 22.3. The van der Waals surface area contributed by atoms with Crippen molar-refractivity contribution < 1.29 is 19.1 Å². The van der Waals surface area contributed by atoms with E-state index in [1.54, 1.807) is 36.4 Å². The highest BCUT2D eigenvalue weighted by Crippen LogP contribution is 2.26. The molecule has 0 spiro atoms. The minimum Gasteiger partial charge on any atom is -0.425 e. The molecular formula is C32H36Cl2O4. The number of unbranched alkanes of at least 4 members (excludes halogenated alkanes) is 5. The third-order valence-corrected chi connectivity index (χ3v) is 7.40. The monoisotopic (exact) mass is 554 g/mol. The van der Waals surface area contributed by atoms with Crippen LogP contribution in [0.4, 0.5) is 0 Å². The van der Waals surface area contributed by atoms with Gasteiger partial charge in [-0.05, 0) is 71.8 Å². The molecule has 0 aliphatic rings. The molecule has 0 radical (unpaired) electrons. The molecule has 3 aromatic rings. The highest BCUT2D eigenvalue weighted by atomic mass is 35.5. The number of hydrogen-bond donors (Lipinski definition) is 0. The maximum Gasteiger partial charge on any atom is 0.343 e. The van der Waals surface area contributed by atoms with E-state index in [1.807, 2.05) is 44.2 Å². The van der Waals surface area contributed by atoms with Crippen molar-refractivity contribution in [1.29, 1.82) is 0 Å². The molecule has 6 heteroatoms. The molecule has 0 amide bonds. The van der Waals surface area contributed by atoms with Crippen molar-refractivity contribution in [1.82, 2.24) is 0 Å². The topological polar surface area (TPSA) is 52.6 Å². The molecule has 0 heterocycles. The van der Waals surface area contributed by atoms with Crippen molar-refractivity contribution in [2.45, 2.75) is 71.1 Å². The minimum atomic E-state index is -0.691. The summed E-state index contributed by atoms with van der Waals surface area (Å²) in [5.41, 5.74) is 3.35. The van der Waals surface area contributed by atoms with E-state index < -0.39 is 17.3 Å². The molecule has 1 unspecified atom stereocenters. The quantitative estimate of drug-likeness (QED) is 0.0913. The van der Waals surface area contributed by atoms with Crippen LogP contribution in [0.25, 0.3) is 11.1 Å². The number of rotatable bonds is 13. The fraction of sp³-hybridized carbons (Fsp3) is 0.375. The van der Waals surface area contributed by atoms with Gasteiger partial charge in [-0.15, -0.1) is 11.6 Å². The first-order valence-electron chi connectivity index (χ1n) is 13.4. The first-order valence-corrected chi connectivity index (χ1v) is 14.2. The lowest BCUT2D eigenvalue weighted by atomic mass is 10.0. The molecule has 202 valence electrons. The normalized spacial score (nSPS) is 11.8. The van der Waals surface area contributed by atoms with E-state index >= 15 is 0 Å². The van der Waals surface area contributed by atoms with E-state index in [1.165, 1.54) is 32.1 Å². The molecular weight excluding hydrogens is 519 g/mol. The van der Waals surface area contributed by atoms with Gasteiger partial charge in [0.05, 0.1) is 5.56 Å². The summed E-state index contributed by atoms with van der Waals surface area (Å²) in [5, 5.41) is -0.0905. The summed E-state index contributed by atoms with van der Waals surface area (Å²) < 4.78 is 10.9. The van der Waals surface area contributed by atoms with Gasteiger partial charge < -0.3 is 9.47 Å². The number of aryl methyl sites for hydroxylation is 1. The molecule has 0 saturated heterocycles. The van der Waals surface area contributed by atoms with Crippen LogP contribution in [0.5, 0.6) is 11.5 Å². The number of carbonyl (C=O) groups is 2. The average Bonchev–Trinajstić information content (AvgIpc) is 2.91. The number of benzene rings is 3. The Morgan fingerprint density at radius 2 is 1.32 bits per heavy atom. The maximum absolute atomic E-state index is 12.7. The highest BCUT2D eigenvalue weighted by molar-refractivity contribution is 6.31. The average molecular weight is 556 g/mol. The molecule has 1 atom stereocenters. The Hall–Kier alpha value is -2.82. The van der Waals surface area contributed by atoms with Gasteiger partial charge in [0.25, 0.3) is 0 Å². The van der Waals surface area contributed by atoms with Crippen LogP contribution in [0.3, 0.4) is 0 Å². The summed E-state index contributed by atoms with van der Waals surface area (Å²) in [6, 6.07) is 19.8. The summed E-state index contributed by atoms with van der Waals surface area (Å²) in [5.74, 6) is -0.0433. The van der Waals surface area contributed by atoms with Crippen LogP contribution in [0.2, 0.25) is 5.02 Å². The molecule has 0 aliphatic carbocycles. The standard InChI is InChI=1S/C32H36Cl2O4/c1-4-5-6-7-8-9-10-25-11-12-26(21-29(25)33)31(35)37-27-17-13-23(14-18-27)24-15-19-28(20-16-24)38-32(36)30(34)22(2)3/h11-22,30H,4-10H2,1-3H3. The fourth-order valence-electron chi connectivity index (χ4n) is 4.01. The maximum atomic E-state index is 12.7. The lowest BCUT2D eigenvalue weighted by molar-refractivity contribution is -0.134. The van der Waals surface area contributed by atoms with Crippen molar-refractivity contribution in [3.63, 3.8) is 0 Å². The summed E-state index contributed by atoms with van der Waals surface area (Å²) in [6.45, 7) is 5.95. The Balaban J connectivity index is 1.54. The first kappa shape index (κ1) is 29.7. The van der Waals surface area contributed by atoms with Crippen LogP contribution in [-0.2, 0) is 11.2 Å². The highest BCUT2D eigenvalue weighted by Gasteiger charge is 2.21. The van der Waals surface area contributed by atoms with Crippen molar-refractivity contribution in [3.05, 3.63) is 82.9 Å². The van der Waals surface area contributed by atoms with Gasteiger partial charge in [0.1, 0.15) is 16.9 Å². The Bertz CT molecular complexity index is 1190. The zero-order valence-corrected chi connectivity index (χ0v) is 23.9. The van der Waals surface area contributed by atoms with E-state index in [9.17, 15) is 9.59 Å². The van der Waals surface area contributed by atoms with Gasteiger partial charge in [-0.2, -0.15) is 0 Å². The minimum absolute atomic E-state index is 0.0118. The summed E-state index contributed by atoms with van der Waals surface area (Å²) >= 11 is 12.5. The van der Waals surface area contributed by atoms with Gasteiger partial charge in [0.15, 0.2) is 0 Å². The lowest BCUT2D eigenvalue weighted by Crippen LogP contribution is -2.25. The van der Waals surface area contributed by atoms with E-state index in [0.29, 0.717) is 22.1 Å². The van der Waals surface area contributed by atoms with E-state index in [4.69, 9.17) is 32.7 Å². The van der Waals surface area contributed by atoms with Crippen molar-refractivity contribution in [2.75, 3.05) is 0 Å². The predicted molar refractivity (Wildman–Crippen MR) is 155 cm³/mol. The molecule has 3 rings (SSSR count). The van der Waals surface area contributed by atoms with Crippen molar-refractivity contribution in [3.8, 4) is 22.6 Å². The fourth-order valence-corrected chi connectivity index (χ4v) is 4.33.